The average molecular weight is 266 g/mol. The Morgan fingerprint density at radius 2 is 2.17 bits per heavy atom. The van der Waals surface area contributed by atoms with Crippen LogP contribution in [0.3, 0.4) is 0 Å². The Balaban J connectivity index is 0.00000120. The van der Waals surface area contributed by atoms with Crippen molar-refractivity contribution in [2.24, 2.45) is 4.99 Å². The molecule has 2 aliphatic rings. The summed E-state index contributed by atoms with van der Waals surface area (Å²) in [6.07, 6.45) is 2.16. The first kappa shape index (κ1) is 13.2. The molecule has 18 heavy (non-hydrogen) atoms. The van der Waals surface area contributed by atoms with Gasteiger partial charge in [-0.15, -0.1) is 12.4 Å². The van der Waals surface area contributed by atoms with Crippen LogP contribution in [0.5, 0.6) is 0 Å². The van der Waals surface area contributed by atoms with Gasteiger partial charge in [0.1, 0.15) is 11.4 Å². The van der Waals surface area contributed by atoms with Crippen molar-refractivity contribution < 1.29 is 0 Å². The zero-order chi connectivity index (χ0) is 11.9. The highest BCUT2D eigenvalue weighted by atomic mass is 35.5. The second-order valence-electron chi connectivity index (χ2n) is 4.91. The van der Waals surface area contributed by atoms with Gasteiger partial charge in [-0.3, -0.25) is 4.99 Å². The number of halogens is 1. The molecule has 1 N–H and O–H groups in total. The van der Waals surface area contributed by atoms with E-state index < -0.39 is 0 Å². The number of likely N-dealkylation sites (N-methyl/N-ethyl adjacent to an activating group) is 1. The van der Waals surface area contributed by atoms with E-state index in [2.05, 4.69) is 53.4 Å². The predicted molar refractivity (Wildman–Crippen MR) is 79.1 cm³/mol. The second kappa shape index (κ2) is 4.81. The first-order valence-electron chi connectivity index (χ1n) is 6.38. The number of aliphatic imine (C=N–C) groups is 1. The number of amidine groups is 1. The van der Waals surface area contributed by atoms with Gasteiger partial charge >= 0.3 is 0 Å². The molecule has 1 aromatic carbocycles. The Hall–Kier alpha value is -1.22. The summed E-state index contributed by atoms with van der Waals surface area (Å²) >= 11 is 0. The number of fused-ring (bicyclic) bond motifs is 1. The third kappa shape index (κ3) is 1.69. The van der Waals surface area contributed by atoms with Crippen molar-refractivity contribution in [3.63, 3.8) is 0 Å². The van der Waals surface area contributed by atoms with Crippen molar-refractivity contribution >= 4 is 23.9 Å². The number of para-hydroxylation sites is 1. The van der Waals surface area contributed by atoms with Crippen molar-refractivity contribution in [2.75, 3.05) is 25.0 Å². The number of rotatable bonds is 2. The third-order valence-corrected chi connectivity index (χ3v) is 4.18. The fraction of sp³-hybridized carbons (Fsp3) is 0.500. The van der Waals surface area contributed by atoms with Gasteiger partial charge in [0, 0.05) is 25.7 Å². The Labute approximate surface area is 115 Å². The lowest BCUT2D eigenvalue weighted by atomic mass is 9.90. The maximum Gasteiger partial charge on any atom is 0.123 e. The largest absolute Gasteiger partial charge is 0.370 e. The van der Waals surface area contributed by atoms with E-state index in [0.29, 0.717) is 0 Å². The van der Waals surface area contributed by atoms with Gasteiger partial charge in [0.05, 0.1) is 6.54 Å². The Bertz CT molecular complexity index is 472. The number of nitrogens with zero attached hydrogens (tertiary/aromatic N) is 2. The van der Waals surface area contributed by atoms with E-state index in [-0.39, 0.29) is 17.9 Å². The Morgan fingerprint density at radius 3 is 2.78 bits per heavy atom. The quantitative estimate of drug-likeness (QED) is 0.888. The van der Waals surface area contributed by atoms with Crippen molar-refractivity contribution in [3.8, 4) is 0 Å². The van der Waals surface area contributed by atoms with E-state index >= 15 is 0 Å². The van der Waals surface area contributed by atoms with Crippen molar-refractivity contribution in [2.45, 2.75) is 25.3 Å². The highest BCUT2D eigenvalue weighted by Gasteiger charge is 2.45. The first-order valence-corrected chi connectivity index (χ1v) is 6.38. The Morgan fingerprint density at radius 1 is 1.39 bits per heavy atom. The summed E-state index contributed by atoms with van der Waals surface area (Å²) in [4.78, 5) is 7.06. The minimum Gasteiger partial charge on any atom is -0.370 e. The van der Waals surface area contributed by atoms with Gasteiger partial charge in [-0.25, -0.2) is 0 Å². The molecular weight excluding hydrogens is 246 g/mol. The highest BCUT2D eigenvalue weighted by molar-refractivity contribution is 5.98. The van der Waals surface area contributed by atoms with Crippen molar-refractivity contribution in [1.29, 1.82) is 0 Å². The van der Waals surface area contributed by atoms with E-state index in [9.17, 15) is 0 Å². The average Bonchev–Trinajstić information content (AvgIpc) is 2.97. The zero-order valence-electron chi connectivity index (χ0n) is 10.9. The molecule has 0 bridgehead atoms. The molecular formula is C14H20ClN3. The smallest absolute Gasteiger partial charge is 0.123 e. The Kier molecular flexibility index (Phi) is 3.53. The predicted octanol–water partition coefficient (Wildman–Crippen LogP) is 2.25. The lowest BCUT2D eigenvalue weighted by molar-refractivity contribution is 0.531. The lowest BCUT2D eigenvalue weighted by Gasteiger charge is -2.37. The number of hydrogen-bond acceptors (Lipinski definition) is 3. The molecule has 2 heterocycles. The molecule has 3 rings (SSSR count). The molecule has 0 aromatic heterocycles. The van der Waals surface area contributed by atoms with Crippen molar-refractivity contribution in [3.05, 3.63) is 29.8 Å². The standard InChI is InChI=1S/C14H19N3.ClH/c1-3-14(13-15-8-9-16-13)10-11-6-4-5-7-12(11)17(14)2;/h4-7H,3,8-10H2,1-2H3,(H,15,16);1H. The van der Waals surface area contributed by atoms with Gasteiger partial charge < -0.3 is 10.2 Å². The molecule has 0 fully saturated rings. The summed E-state index contributed by atoms with van der Waals surface area (Å²) in [6, 6.07) is 8.69. The third-order valence-electron chi connectivity index (χ3n) is 4.18. The van der Waals surface area contributed by atoms with Crippen LogP contribution in [-0.4, -0.2) is 31.5 Å². The maximum absolute atomic E-state index is 4.66. The molecule has 98 valence electrons. The number of nitrogens with one attached hydrogen (secondary N) is 1. The van der Waals surface area contributed by atoms with Crippen LogP contribution in [0.4, 0.5) is 5.69 Å². The summed E-state index contributed by atoms with van der Waals surface area (Å²) < 4.78 is 0. The summed E-state index contributed by atoms with van der Waals surface area (Å²) in [6.45, 7) is 4.16. The summed E-state index contributed by atoms with van der Waals surface area (Å²) in [5.74, 6) is 1.18. The van der Waals surface area contributed by atoms with E-state index in [1.807, 2.05) is 0 Å². The molecule has 1 atom stereocenters. The van der Waals surface area contributed by atoms with Gasteiger partial charge in [-0.1, -0.05) is 25.1 Å². The van der Waals surface area contributed by atoms with Gasteiger partial charge in [0.25, 0.3) is 0 Å². The van der Waals surface area contributed by atoms with Crippen LogP contribution in [0.1, 0.15) is 18.9 Å². The van der Waals surface area contributed by atoms with Gasteiger partial charge in [-0.05, 0) is 18.1 Å². The topological polar surface area (TPSA) is 27.6 Å². The molecule has 0 aliphatic carbocycles. The van der Waals surface area contributed by atoms with Gasteiger partial charge in [-0.2, -0.15) is 0 Å². The molecule has 0 saturated carbocycles. The first-order chi connectivity index (χ1) is 8.28. The normalized spacial score (nSPS) is 25.2. The molecule has 1 aromatic rings. The maximum atomic E-state index is 4.66. The summed E-state index contributed by atoms with van der Waals surface area (Å²) in [5.41, 5.74) is 2.85. The molecule has 0 radical (unpaired) electrons. The highest BCUT2D eigenvalue weighted by Crippen LogP contribution is 2.40. The SMILES string of the molecule is CCC1(C2=NCCN2)Cc2ccccc2N1C.Cl. The summed E-state index contributed by atoms with van der Waals surface area (Å²) in [7, 11) is 2.19. The van der Waals surface area contributed by atoms with Gasteiger partial charge in [0.2, 0.25) is 0 Å². The minimum atomic E-state index is 0. The van der Waals surface area contributed by atoms with Crippen LogP contribution in [0.15, 0.2) is 29.3 Å². The van der Waals surface area contributed by atoms with E-state index in [4.69, 9.17) is 0 Å². The number of anilines is 1. The fourth-order valence-corrected chi connectivity index (χ4v) is 3.13. The molecule has 3 nitrogen and oxygen atoms in total. The summed E-state index contributed by atoms with van der Waals surface area (Å²) in [5, 5.41) is 3.46. The molecule has 0 spiro atoms. The van der Waals surface area contributed by atoms with E-state index in [0.717, 1.165) is 25.9 Å². The monoisotopic (exact) mass is 265 g/mol. The second-order valence-corrected chi connectivity index (χ2v) is 4.91. The fourth-order valence-electron chi connectivity index (χ4n) is 3.13. The molecule has 4 heteroatoms. The zero-order valence-corrected chi connectivity index (χ0v) is 11.8. The van der Waals surface area contributed by atoms with E-state index in [1.54, 1.807) is 0 Å². The van der Waals surface area contributed by atoms with Crippen LogP contribution in [0.25, 0.3) is 0 Å². The van der Waals surface area contributed by atoms with Crippen LogP contribution in [-0.2, 0) is 6.42 Å². The van der Waals surface area contributed by atoms with E-state index in [1.165, 1.54) is 17.1 Å². The molecule has 2 aliphatic heterocycles. The number of benzene rings is 1. The lowest BCUT2D eigenvalue weighted by Crippen LogP contribution is -2.55. The van der Waals surface area contributed by atoms with Crippen LogP contribution in [0, 0.1) is 0 Å². The molecule has 1 unspecified atom stereocenters. The molecule has 0 saturated heterocycles. The van der Waals surface area contributed by atoms with Crippen LogP contribution >= 0.6 is 12.4 Å². The van der Waals surface area contributed by atoms with Crippen molar-refractivity contribution in [1.82, 2.24) is 5.32 Å². The van der Waals surface area contributed by atoms with Crippen LogP contribution < -0.4 is 10.2 Å². The van der Waals surface area contributed by atoms with Crippen LogP contribution in [0.2, 0.25) is 0 Å². The minimum absolute atomic E-state index is 0. The molecule has 0 amide bonds. The van der Waals surface area contributed by atoms with Gasteiger partial charge in [0.15, 0.2) is 0 Å². The number of hydrogen-bond donors (Lipinski definition) is 1.